The lowest BCUT2D eigenvalue weighted by atomic mass is 9.84. The highest BCUT2D eigenvalue weighted by molar-refractivity contribution is 7.98. The minimum atomic E-state index is -3.44. The molecule has 6 nitrogen and oxygen atoms in total. The van der Waals surface area contributed by atoms with E-state index in [1.54, 1.807) is 23.9 Å². The molecule has 1 saturated carbocycles. The Morgan fingerprint density at radius 3 is 2.52 bits per heavy atom. The summed E-state index contributed by atoms with van der Waals surface area (Å²) in [5.41, 5.74) is 10.1. The van der Waals surface area contributed by atoms with E-state index in [4.69, 9.17) is 10.3 Å². The molecule has 0 N–H and O–H groups in total. The molecule has 0 spiro atoms. The van der Waals surface area contributed by atoms with Gasteiger partial charge in [0.2, 0.25) is 0 Å². The number of hydrogen-bond donors (Lipinski definition) is 0. The second kappa shape index (κ2) is 10.2. The van der Waals surface area contributed by atoms with Crippen LogP contribution in [0.2, 0.25) is 0 Å². The number of benzene rings is 2. The molecule has 0 heterocycles. The van der Waals surface area contributed by atoms with Gasteiger partial charge in [-0.25, -0.2) is 8.42 Å². The van der Waals surface area contributed by atoms with Crippen molar-refractivity contribution in [3.8, 4) is 0 Å². The van der Waals surface area contributed by atoms with Gasteiger partial charge in [-0.3, -0.25) is 0 Å². The second-order valence-corrected chi connectivity index (χ2v) is 10.1. The van der Waals surface area contributed by atoms with Gasteiger partial charge in [-0.15, -0.1) is 11.8 Å². The quantitative estimate of drug-likeness (QED) is 0.247. The predicted molar refractivity (Wildman–Crippen MR) is 116 cm³/mol. The van der Waals surface area contributed by atoms with E-state index in [0.717, 1.165) is 16.9 Å². The molecule has 3 atom stereocenters. The molecule has 1 aliphatic rings. The van der Waals surface area contributed by atoms with Crippen LogP contribution in [-0.2, 0) is 21.2 Å². The first-order valence-electron chi connectivity index (χ1n) is 9.58. The molecule has 0 amide bonds. The highest BCUT2D eigenvalue weighted by Crippen LogP contribution is 2.32. The lowest BCUT2D eigenvalue weighted by Gasteiger charge is -2.33. The number of sulfone groups is 1. The first kappa shape index (κ1) is 21.7. The van der Waals surface area contributed by atoms with E-state index in [-0.39, 0.29) is 23.8 Å². The maximum Gasteiger partial charge on any atom is 0.178 e. The van der Waals surface area contributed by atoms with Gasteiger partial charge in [0, 0.05) is 15.8 Å². The topological polar surface area (TPSA) is 92.1 Å². The van der Waals surface area contributed by atoms with Gasteiger partial charge in [-0.05, 0) is 66.8 Å². The average molecular weight is 432 g/mol. The molecule has 154 valence electrons. The van der Waals surface area contributed by atoms with Crippen LogP contribution in [0.15, 0.2) is 69.5 Å². The normalized spacial score (nSPS) is 22.0. The van der Waals surface area contributed by atoms with Crippen LogP contribution in [0.3, 0.4) is 0 Å². The molecule has 3 rings (SSSR count). The summed E-state index contributed by atoms with van der Waals surface area (Å²) in [7, 11) is -3.44. The molecule has 2 aromatic carbocycles. The first-order chi connectivity index (χ1) is 14.0. The van der Waals surface area contributed by atoms with Crippen LogP contribution in [-0.4, -0.2) is 32.6 Å². The first-order valence-corrected chi connectivity index (χ1v) is 12.5. The molecule has 0 unspecified atom stereocenters. The molecule has 0 aromatic heterocycles. The molecule has 0 saturated heterocycles. The zero-order chi connectivity index (χ0) is 20.7. The predicted octanol–water partition coefficient (Wildman–Crippen LogP) is 5.25. The van der Waals surface area contributed by atoms with Gasteiger partial charge in [0.1, 0.15) is 0 Å². The number of thioether (sulfide) groups is 1. The minimum Gasteiger partial charge on any atom is -0.374 e. The van der Waals surface area contributed by atoms with Crippen LogP contribution >= 0.6 is 11.8 Å². The van der Waals surface area contributed by atoms with Crippen LogP contribution in [0, 0.1) is 5.92 Å². The standard InChI is InChI=1S/C21H25N3O3S2/c1-28-19-9-11-20(12-10-19)29(25,26)15-17-7-8-18(13-21(17)23-24-22)27-14-16-5-3-2-4-6-16/h2-6,9-12,17-18,21H,7-8,13-15H2,1H3/t17-,18-,21+/m1/s1. The van der Waals surface area contributed by atoms with Crippen molar-refractivity contribution in [2.45, 2.75) is 47.8 Å². The Morgan fingerprint density at radius 2 is 1.86 bits per heavy atom. The Kier molecular flexibility index (Phi) is 7.61. The maximum atomic E-state index is 12.9. The Labute approximate surface area is 176 Å². The fourth-order valence-corrected chi connectivity index (χ4v) is 5.78. The summed E-state index contributed by atoms with van der Waals surface area (Å²) in [5, 5.41) is 3.91. The third-order valence-electron chi connectivity index (χ3n) is 5.29. The van der Waals surface area contributed by atoms with Gasteiger partial charge < -0.3 is 4.74 Å². The molecule has 0 radical (unpaired) electrons. The van der Waals surface area contributed by atoms with Crippen molar-refractivity contribution >= 4 is 21.6 Å². The Hall–Kier alpha value is -1.99. The summed E-state index contributed by atoms with van der Waals surface area (Å²) >= 11 is 1.57. The summed E-state index contributed by atoms with van der Waals surface area (Å²) in [6.45, 7) is 0.499. The van der Waals surface area contributed by atoms with Crippen LogP contribution in [0.4, 0.5) is 0 Å². The van der Waals surface area contributed by atoms with E-state index in [0.29, 0.717) is 24.3 Å². The molecular weight excluding hydrogens is 406 g/mol. The summed E-state index contributed by atoms with van der Waals surface area (Å²) in [4.78, 5) is 4.30. The number of hydrogen-bond acceptors (Lipinski definition) is 5. The summed E-state index contributed by atoms with van der Waals surface area (Å²) in [6.07, 6.45) is 3.88. The van der Waals surface area contributed by atoms with E-state index in [9.17, 15) is 8.42 Å². The molecule has 1 fully saturated rings. The van der Waals surface area contributed by atoms with Crippen LogP contribution < -0.4 is 0 Å². The van der Waals surface area contributed by atoms with Crippen molar-refractivity contribution in [2.75, 3.05) is 12.0 Å². The fraction of sp³-hybridized carbons (Fsp3) is 0.429. The zero-order valence-corrected chi connectivity index (χ0v) is 18.0. The van der Waals surface area contributed by atoms with E-state index in [2.05, 4.69) is 10.0 Å². The van der Waals surface area contributed by atoms with Gasteiger partial charge in [0.25, 0.3) is 0 Å². The smallest absolute Gasteiger partial charge is 0.178 e. The van der Waals surface area contributed by atoms with Crippen LogP contribution in [0.25, 0.3) is 10.4 Å². The molecule has 0 bridgehead atoms. The monoisotopic (exact) mass is 431 g/mol. The van der Waals surface area contributed by atoms with Crippen molar-refractivity contribution in [3.05, 3.63) is 70.6 Å². The molecule has 0 aliphatic heterocycles. The maximum absolute atomic E-state index is 12.9. The van der Waals surface area contributed by atoms with Gasteiger partial charge in [-0.1, -0.05) is 35.4 Å². The number of ether oxygens (including phenoxy) is 1. The fourth-order valence-electron chi connectivity index (χ4n) is 3.67. The second-order valence-electron chi connectivity index (χ2n) is 7.22. The molecule has 29 heavy (non-hydrogen) atoms. The largest absolute Gasteiger partial charge is 0.374 e. The van der Waals surface area contributed by atoms with Gasteiger partial charge in [-0.2, -0.15) is 0 Å². The Bertz CT molecular complexity index is 943. The van der Waals surface area contributed by atoms with Gasteiger partial charge in [0.15, 0.2) is 9.84 Å². The van der Waals surface area contributed by atoms with Crippen LogP contribution in [0.1, 0.15) is 24.8 Å². The third-order valence-corrected chi connectivity index (χ3v) is 7.89. The summed E-state index contributed by atoms with van der Waals surface area (Å²) in [5.74, 6) is -0.214. The highest BCUT2D eigenvalue weighted by atomic mass is 32.2. The van der Waals surface area contributed by atoms with Crippen molar-refractivity contribution in [2.24, 2.45) is 11.0 Å². The molecular formula is C21H25N3O3S2. The minimum absolute atomic E-state index is 0.0132. The SMILES string of the molecule is CSc1ccc(S(=O)(=O)C[C@H]2CC[C@@H](OCc3ccccc3)C[C@@H]2N=[N+]=[N-])cc1. The number of nitrogens with zero attached hydrogens (tertiary/aromatic N) is 3. The van der Waals surface area contributed by atoms with E-state index in [1.807, 2.05) is 48.7 Å². The Morgan fingerprint density at radius 1 is 1.14 bits per heavy atom. The van der Waals surface area contributed by atoms with E-state index in [1.165, 1.54) is 0 Å². The number of azide groups is 1. The van der Waals surface area contributed by atoms with Gasteiger partial charge >= 0.3 is 0 Å². The highest BCUT2D eigenvalue weighted by Gasteiger charge is 2.34. The van der Waals surface area contributed by atoms with Crippen molar-refractivity contribution in [1.82, 2.24) is 0 Å². The molecule has 8 heteroatoms. The molecule has 1 aliphatic carbocycles. The van der Waals surface area contributed by atoms with Crippen molar-refractivity contribution in [3.63, 3.8) is 0 Å². The Balaban J connectivity index is 1.64. The van der Waals surface area contributed by atoms with E-state index < -0.39 is 9.84 Å². The summed E-state index contributed by atoms with van der Waals surface area (Å²) in [6, 6.07) is 16.5. The average Bonchev–Trinajstić information content (AvgIpc) is 2.74. The zero-order valence-electron chi connectivity index (χ0n) is 16.3. The van der Waals surface area contributed by atoms with Crippen LogP contribution in [0.5, 0.6) is 0 Å². The molecule has 2 aromatic rings. The number of rotatable bonds is 8. The lowest BCUT2D eigenvalue weighted by molar-refractivity contribution is 0.00309. The lowest BCUT2D eigenvalue weighted by Crippen LogP contribution is -2.36. The summed E-state index contributed by atoms with van der Waals surface area (Å²) < 4.78 is 31.7. The van der Waals surface area contributed by atoms with Gasteiger partial charge in [0.05, 0.1) is 23.4 Å². The van der Waals surface area contributed by atoms with Crippen molar-refractivity contribution < 1.29 is 13.2 Å². The van der Waals surface area contributed by atoms with E-state index >= 15 is 0 Å². The third kappa shape index (κ3) is 6.00. The van der Waals surface area contributed by atoms with Crippen molar-refractivity contribution in [1.29, 1.82) is 0 Å².